The first kappa shape index (κ1) is 32.7. The summed E-state index contributed by atoms with van der Waals surface area (Å²) in [5, 5.41) is 5.83. The zero-order valence-corrected chi connectivity index (χ0v) is 25.2. The van der Waals surface area contributed by atoms with E-state index in [0.717, 1.165) is 18.4 Å². The Morgan fingerprint density at radius 2 is 1.74 bits per heavy atom. The molecule has 1 unspecified atom stereocenters. The van der Waals surface area contributed by atoms with Gasteiger partial charge in [-0.05, 0) is 83.9 Å². The third kappa shape index (κ3) is 12.0. The number of esters is 1. The van der Waals surface area contributed by atoms with Gasteiger partial charge >= 0.3 is 12.1 Å². The number of carbonyl (C=O) groups is 4. The number of carbonyl (C=O) groups excluding carboxylic acids is 4. The van der Waals surface area contributed by atoms with Gasteiger partial charge in [0.05, 0.1) is 25.6 Å². The van der Waals surface area contributed by atoms with E-state index >= 15 is 0 Å². The highest BCUT2D eigenvalue weighted by molar-refractivity contribution is 5.97. The van der Waals surface area contributed by atoms with E-state index in [1.807, 2.05) is 36.4 Å². The van der Waals surface area contributed by atoms with Crippen molar-refractivity contribution in [1.29, 1.82) is 0 Å². The average molecular weight is 581 g/mol. The van der Waals surface area contributed by atoms with Gasteiger partial charge in [-0.2, -0.15) is 0 Å². The molecular formula is C32H44N4O6. The third-order valence-corrected chi connectivity index (χ3v) is 6.60. The summed E-state index contributed by atoms with van der Waals surface area (Å²) in [7, 11) is 0. The minimum atomic E-state index is -0.633. The number of benzene rings is 1. The Morgan fingerprint density at radius 1 is 1.00 bits per heavy atom. The Morgan fingerprint density at radius 3 is 2.40 bits per heavy atom. The Kier molecular flexibility index (Phi) is 12.5. The summed E-state index contributed by atoms with van der Waals surface area (Å²) in [5.74, 6) is -0.750. The van der Waals surface area contributed by atoms with Crippen LogP contribution in [0.15, 0.2) is 48.5 Å². The van der Waals surface area contributed by atoms with Crippen LogP contribution in [-0.2, 0) is 36.7 Å². The molecule has 1 heterocycles. The van der Waals surface area contributed by atoms with E-state index < -0.39 is 23.7 Å². The SMILES string of the molecule is CCOC(=O)CC(CCc1ccccc1)N(C(=O)CCCc1cccc(NC(=O)OC(C)(C)C)n1)C(=O)CNC1CC1. The van der Waals surface area contributed by atoms with E-state index in [1.165, 1.54) is 4.90 Å². The van der Waals surface area contributed by atoms with Crippen LogP contribution in [0.1, 0.15) is 77.5 Å². The topological polar surface area (TPSA) is 127 Å². The molecule has 1 atom stereocenters. The maximum Gasteiger partial charge on any atom is 0.413 e. The van der Waals surface area contributed by atoms with Gasteiger partial charge in [0.25, 0.3) is 0 Å². The van der Waals surface area contributed by atoms with Crippen LogP contribution < -0.4 is 10.6 Å². The van der Waals surface area contributed by atoms with E-state index in [4.69, 9.17) is 9.47 Å². The smallest absolute Gasteiger partial charge is 0.413 e. The number of rotatable bonds is 15. The summed E-state index contributed by atoms with van der Waals surface area (Å²) in [6.07, 6.45) is 3.43. The Balaban J connectivity index is 1.68. The molecule has 1 aliphatic rings. The van der Waals surface area contributed by atoms with Crippen LogP contribution in [0.25, 0.3) is 0 Å². The van der Waals surface area contributed by atoms with Crippen molar-refractivity contribution >= 4 is 29.7 Å². The molecule has 1 aromatic carbocycles. The molecule has 0 spiro atoms. The van der Waals surface area contributed by atoms with E-state index in [0.29, 0.717) is 43.2 Å². The van der Waals surface area contributed by atoms with Crippen molar-refractivity contribution in [3.8, 4) is 0 Å². The fourth-order valence-electron chi connectivity index (χ4n) is 4.50. The molecule has 1 saturated carbocycles. The molecule has 1 aromatic heterocycles. The minimum Gasteiger partial charge on any atom is -0.466 e. The number of imide groups is 1. The van der Waals surface area contributed by atoms with Gasteiger partial charge in [-0.3, -0.25) is 24.6 Å². The van der Waals surface area contributed by atoms with E-state index in [1.54, 1.807) is 39.8 Å². The second kappa shape index (κ2) is 16.0. The summed E-state index contributed by atoms with van der Waals surface area (Å²) in [5.41, 5.74) is 1.12. The number of amides is 3. The molecular weight excluding hydrogens is 536 g/mol. The highest BCUT2D eigenvalue weighted by Crippen LogP contribution is 2.20. The molecule has 1 fully saturated rings. The quantitative estimate of drug-likeness (QED) is 0.287. The van der Waals surface area contributed by atoms with Crippen molar-refractivity contribution < 1.29 is 28.7 Å². The lowest BCUT2D eigenvalue weighted by molar-refractivity contribution is -0.151. The van der Waals surface area contributed by atoms with E-state index in [9.17, 15) is 19.2 Å². The van der Waals surface area contributed by atoms with Crippen LogP contribution in [0.2, 0.25) is 0 Å². The lowest BCUT2D eigenvalue weighted by Crippen LogP contribution is -2.49. The second-order valence-electron chi connectivity index (χ2n) is 11.5. The number of aromatic nitrogens is 1. The lowest BCUT2D eigenvalue weighted by atomic mass is 10.0. The molecule has 3 rings (SSSR count). The normalized spacial score (nSPS) is 13.6. The average Bonchev–Trinajstić information content (AvgIpc) is 3.75. The Bertz CT molecular complexity index is 1190. The summed E-state index contributed by atoms with van der Waals surface area (Å²) >= 11 is 0. The van der Waals surface area contributed by atoms with Crippen LogP contribution in [-0.4, -0.2) is 64.6 Å². The molecule has 0 bridgehead atoms. The second-order valence-corrected chi connectivity index (χ2v) is 11.5. The molecule has 1 aliphatic carbocycles. The molecule has 3 amide bonds. The van der Waals surface area contributed by atoms with Crippen molar-refractivity contribution in [3.05, 3.63) is 59.8 Å². The van der Waals surface area contributed by atoms with Gasteiger partial charge in [-0.1, -0.05) is 36.4 Å². The fraction of sp³-hybridized carbons (Fsp3) is 0.531. The van der Waals surface area contributed by atoms with Gasteiger partial charge < -0.3 is 14.8 Å². The molecule has 0 saturated heterocycles. The number of ether oxygens (including phenoxy) is 2. The number of hydrogen-bond acceptors (Lipinski definition) is 8. The molecule has 2 N–H and O–H groups in total. The van der Waals surface area contributed by atoms with Crippen LogP contribution in [0.4, 0.5) is 10.6 Å². The zero-order chi connectivity index (χ0) is 30.5. The number of nitrogens with one attached hydrogen (secondary N) is 2. The fourth-order valence-corrected chi connectivity index (χ4v) is 4.50. The molecule has 2 aromatic rings. The van der Waals surface area contributed by atoms with E-state index in [-0.39, 0.29) is 37.8 Å². The van der Waals surface area contributed by atoms with Gasteiger partial charge in [0.15, 0.2) is 0 Å². The molecule has 228 valence electrons. The first-order chi connectivity index (χ1) is 20.0. The first-order valence-electron chi connectivity index (χ1n) is 14.8. The van der Waals surface area contributed by atoms with Crippen LogP contribution >= 0.6 is 0 Å². The number of pyridine rings is 1. The van der Waals surface area contributed by atoms with Crippen molar-refractivity contribution in [1.82, 2.24) is 15.2 Å². The summed E-state index contributed by atoms with van der Waals surface area (Å²) in [6, 6.07) is 14.7. The summed E-state index contributed by atoms with van der Waals surface area (Å²) in [4.78, 5) is 57.4. The summed E-state index contributed by atoms with van der Waals surface area (Å²) in [6.45, 7) is 7.34. The van der Waals surface area contributed by atoms with Gasteiger partial charge in [-0.25, -0.2) is 9.78 Å². The summed E-state index contributed by atoms with van der Waals surface area (Å²) < 4.78 is 10.5. The largest absolute Gasteiger partial charge is 0.466 e. The van der Waals surface area contributed by atoms with Crippen molar-refractivity contribution in [2.45, 2.75) is 96.7 Å². The van der Waals surface area contributed by atoms with Crippen molar-refractivity contribution in [3.63, 3.8) is 0 Å². The highest BCUT2D eigenvalue weighted by atomic mass is 16.6. The molecule has 10 heteroatoms. The molecule has 42 heavy (non-hydrogen) atoms. The van der Waals surface area contributed by atoms with Gasteiger partial charge in [0.2, 0.25) is 11.8 Å². The van der Waals surface area contributed by atoms with Crippen molar-refractivity contribution in [2.75, 3.05) is 18.5 Å². The monoisotopic (exact) mass is 580 g/mol. The highest BCUT2D eigenvalue weighted by Gasteiger charge is 2.32. The molecule has 0 aliphatic heterocycles. The lowest BCUT2D eigenvalue weighted by Gasteiger charge is -2.30. The van der Waals surface area contributed by atoms with Gasteiger partial charge in [0, 0.05) is 18.2 Å². The predicted molar refractivity (Wildman–Crippen MR) is 160 cm³/mol. The number of hydrogen-bond donors (Lipinski definition) is 2. The van der Waals surface area contributed by atoms with Crippen LogP contribution in [0.5, 0.6) is 0 Å². The number of nitrogens with zero attached hydrogens (tertiary/aromatic N) is 2. The zero-order valence-electron chi connectivity index (χ0n) is 25.2. The maximum absolute atomic E-state index is 13.6. The minimum absolute atomic E-state index is 0.0427. The third-order valence-electron chi connectivity index (χ3n) is 6.60. The predicted octanol–water partition coefficient (Wildman–Crippen LogP) is 4.81. The molecule has 10 nitrogen and oxygen atoms in total. The number of anilines is 1. The standard InChI is InChI=1S/C32H44N4O6/c1-5-41-30(39)21-26(20-17-23-11-7-6-8-12-23)36(29(38)22-33-24-18-19-24)28(37)16-10-14-25-13-9-15-27(34-25)35-31(40)42-32(2,3)4/h6-9,11-13,15,24,26,33H,5,10,14,16-22H2,1-4H3,(H,34,35,40). The van der Waals surface area contributed by atoms with Crippen LogP contribution in [0, 0.1) is 0 Å². The van der Waals surface area contributed by atoms with Gasteiger partial charge in [0.1, 0.15) is 11.4 Å². The Hall–Kier alpha value is -3.79. The first-order valence-corrected chi connectivity index (χ1v) is 14.8. The van der Waals surface area contributed by atoms with Crippen molar-refractivity contribution in [2.24, 2.45) is 0 Å². The van der Waals surface area contributed by atoms with Crippen LogP contribution in [0.3, 0.4) is 0 Å². The van der Waals surface area contributed by atoms with Gasteiger partial charge in [-0.15, -0.1) is 0 Å². The number of aryl methyl sites for hydroxylation is 2. The molecule has 0 radical (unpaired) electrons. The Labute approximate surface area is 248 Å². The van der Waals surface area contributed by atoms with E-state index in [2.05, 4.69) is 15.6 Å². The maximum atomic E-state index is 13.6.